The van der Waals surface area contributed by atoms with Crippen LogP contribution in [-0.2, 0) is 5.33 Å². The molecule has 1 rings (SSSR count). The number of hydrogen-bond donors (Lipinski definition) is 0. The fourth-order valence-electron chi connectivity index (χ4n) is 1.59. The van der Waals surface area contributed by atoms with Gasteiger partial charge in [0.2, 0.25) is 0 Å². The van der Waals surface area contributed by atoms with Gasteiger partial charge >= 0.3 is 0 Å². The predicted octanol–water partition coefficient (Wildman–Crippen LogP) is 4.73. The normalized spacial score (nSPS) is 10.0. The maximum Gasteiger partial charge on any atom is 0.126 e. The second kappa shape index (κ2) is 7.73. The van der Waals surface area contributed by atoms with Crippen LogP contribution in [-0.4, -0.2) is 6.61 Å². The van der Waals surface area contributed by atoms with Gasteiger partial charge in [-0.15, -0.1) is 0 Å². The molecule has 0 amide bonds. The minimum atomic E-state index is 0.605. The van der Waals surface area contributed by atoms with Crippen LogP contribution in [0.1, 0.15) is 30.4 Å². The van der Waals surface area contributed by atoms with Gasteiger partial charge in [-0.25, -0.2) is 0 Å². The molecule has 0 heterocycles. The number of rotatable bonds is 6. The van der Waals surface area contributed by atoms with Crippen molar-refractivity contribution in [3.05, 3.63) is 27.7 Å². The van der Waals surface area contributed by atoms with Crippen molar-refractivity contribution >= 4 is 31.9 Å². The molecular formula is C13H15Br2NO. The lowest BCUT2D eigenvalue weighted by Gasteiger charge is -2.13. The average molecular weight is 361 g/mol. The Morgan fingerprint density at radius 2 is 2.12 bits per heavy atom. The number of halogens is 2. The van der Waals surface area contributed by atoms with E-state index in [1.807, 2.05) is 6.92 Å². The van der Waals surface area contributed by atoms with Gasteiger partial charge in [-0.05, 0) is 37.5 Å². The third kappa shape index (κ3) is 4.69. The number of hydrogen-bond acceptors (Lipinski definition) is 2. The van der Waals surface area contributed by atoms with Gasteiger partial charge in [0.05, 0.1) is 12.7 Å². The average Bonchev–Trinajstić information content (AvgIpc) is 2.30. The highest BCUT2D eigenvalue weighted by atomic mass is 79.9. The smallest absolute Gasteiger partial charge is 0.126 e. The van der Waals surface area contributed by atoms with Crippen LogP contribution in [0.4, 0.5) is 0 Å². The molecule has 2 nitrogen and oxygen atoms in total. The molecule has 0 unspecified atom stereocenters. The van der Waals surface area contributed by atoms with Crippen LogP contribution in [0.3, 0.4) is 0 Å². The molecule has 0 saturated carbocycles. The number of aryl methyl sites for hydroxylation is 1. The predicted molar refractivity (Wildman–Crippen MR) is 76.5 cm³/mol. The summed E-state index contributed by atoms with van der Waals surface area (Å²) in [7, 11) is 0. The topological polar surface area (TPSA) is 33.0 Å². The maximum atomic E-state index is 8.44. The molecule has 0 aliphatic rings. The van der Waals surface area contributed by atoms with E-state index in [0.29, 0.717) is 13.0 Å². The Morgan fingerprint density at radius 3 is 2.76 bits per heavy atom. The Balaban J connectivity index is 2.61. The second-order valence-electron chi connectivity index (χ2n) is 3.81. The minimum Gasteiger partial charge on any atom is -0.493 e. The molecule has 1 aromatic carbocycles. The van der Waals surface area contributed by atoms with Gasteiger partial charge in [0.25, 0.3) is 0 Å². The molecule has 0 saturated heterocycles. The number of alkyl halides is 1. The van der Waals surface area contributed by atoms with Crippen LogP contribution in [0, 0.1) is 18.3 Å². The van der Waals surface area contributed by atoms with Crippen LogP contribution >= 0.6 is 31.9 Å². The zero-order valence-corrected chi connectivity index (χ0v) is 13.0. The van der Waals surface area contributed by atoms with Crippen molar-refractivity contribution in [3.63, 3.8) is 0 Å². The lowest BCUT2D eigenvalue weighted by Crippen LogP contribution is -2.01. The van der Waals surface area contributed by atoms with E-state index in [9.17, 15) is 0 Å². The molecule has 0 fully saturated rings. The van der Waals surface area contributed by atoms with Crippen molar-refractivity contribution in [2.24, 2.45) is 0 Å². The Hall–Kier alpha value is -0.530. The highest BCUT2D eigenvalue weighted by molar-refractivity contribution is 9.10. The molecule has 17 heavy (non-hydrogen) atoms. The van der Waals surface area contributed by atoms with Gasteiger partial charge in [-0.2, -0.15) is 5.26 Å². The Labute approximate surface area is 119 Å². The standard InChI is InChI=1S/C13H15Br2NO/c1-10-7-12(15)8-11(9-14)13(10)17-6-4-2-3-5-16/h7-8H,2-4,6,9H2,1H3. The van der Waals surface area contributed by atoms with Crippen molar-refractivity contribution in [1.29, 1.82) is 5.26 Å². The van der Waals surface area contributed by atoms with E-state index < -0.39 is 0 Å². The third-order valence-electron chi connectivity index (χ3n) is 2.39. The molecule has 0 N–H and O–H groups in total. The van der Waals surface area contributed by atoms with Crippen LogP contribution in [0.15, 0.2) is 16.6 Å². The highest BCUT2D eigenvalue weighted by Gasteiger charge is 2.07. The van der Waals surface area contributed by atoms with E-state index in [1.165, 1.54) is 0 Å². The molecule has 0 radical (unpaired) electrons. The first-order valence-electron chi connectivity index (χ1n) is 5.53. The number of nitrogens with zero attached hydrogens (tertiary/aromatic N) is 1. The summed E-state index contributed by atoms with van der Waals surface area (Å²) >= 11 is 6.94. The van der Waals surface area contributed by atoms with Gasteiger partial charge in [-0.3, -0.25) is 0 Å². The molecule has 0 aromatic heterocycles. The molecule has 0 aliphatic carbocycles. The van der Waals surface area contributed by atoms with E-state index in [-0.39, 0.29) is 0 Å². The summed E-state index contributed by atoms with van der Waals surface area (Å²) in [5.41, 5.74) is 2.28. The van der Waals surface area contributed by atoms with Crippen molar-refractivity contribution in [2.45, 2.75) is 31.5 Å². The molecular weight excluding hydrogens is 346 g/mol. The maximum absolute atomic E-state index is 8.44. The summed E-state index contributed by atoms with van der Waals surface area (Å²) in [6, 6.07) is 6.25. The van der Waals surface area contributed by atoms with E-state index >= 15 is 0 Å². The number of nitriles is 1. The van der Waals surface area contributed by atoms with Crippen LogP contribution in [0.25, 0.3) is 0 Å². The first kappa shape index (κ1) is 14.5. The van der Waals surface area contributed by atoms with Crippen molar-refractivity contribution in [2.75, 3.05) is 6.61 Å². The zero-order chi connectivity index (χ0) is 12.7. The highest BCUT2D eigenvalue weighted by Crippen LogP contribution is 2.29. The van der Waals surface area contributed by atoms with Gasteiger partial charge in [0, 0.05) is 21.8 Å². The first-order chi connectivity index (χ1) is 8.19. The fraction of sp³-hybridized carbons (Fsp3) is 0.462. The van der Waals surface area contributed by atoms with Crippen molar-refractivity contribution in [1.82, 2.24) is 0 Å². The second-order valence-corrected chi connectivity index (χ2v) is 5.28. The first-order valence-corrected chi connectivity index (χ1v) is 7.45. The molecule has 92 valence electrons. The summed E-state index contributed by atoms with van der Waals surface area (Å²) in [5.74, 6) is 0.960. The van der Waals surface area contributed by atoms with E-state index in [2.05, 4.69) is 50.1 Å². The summed E-state index contributed by atoms with van der Waals surface area (Å²) in [6.07, 6.45) is 2.43. The Morgan fingerprint density at radius 1 is 1.35 bits per heavy atom. The third-order valence-corrected chi connectivity index (χ3v) is 3.45. The lowest BCUT2D eigenvalue weighted by molar-refractivity contribution is 0.303. The van der Waals surface area contributed by atoms with Gasteiger partial charge in [0.15, 0.2) is 0 Å². The van der Waals surface area contributed by atoms with Crippen LogP contribution in [0.5, 0.6) is 5.75 Å². The Bertz CT molecular complexity index is 413. The van der Waals surface area contributed by atoms with Gasteiger partial charge in [-0.1, -0.05) is 31.9 Å². The van der Waals surface area contributed by atoms with Crippen LogP contribution < -0.4 is 4.74 Å². The largest absolute Gasteiger partial charge is 0.493 e. The number of unbranched alkanes of at least 4 members (excludes halogenated alkanes) is 2. The minimum absolute atomic E-state index is 0.605. The molecule has 0 bridgehead atoms. The van der Waals surface area contributed by atoms with Crippen LogP contribution in [0.2, 0.25) is 0 Å². The monoisotopic (exact) mass is 359 g/mol. The van der Waals surface area contributed by atoms with Crippen molar-refractivity contribution in [3.8, 4) is 11.8 Å². The van der Waals surface area contributed by atoms with E-state index in [0.717, 1.165) is 39.5 Å². The molecule has 4 heteroatoms. The summed E-state index contributed by atoms with van der Waals surface area (Å²) < 4.78 is 6.87. The zero-order valence-electron chi connectivity index (χ0n) is 9.80. The molecule has 0 atom stereocenters. The van der Waals surface area contributed by atoms with Gasteiger partial charge in [0.1, 0.15) is 5.75 Å². The number of ether oxygens (including phenoxy) is 1. The fourth-order valence-corrected chi connectivity index (χ4v) is 2.62. The van der Waals surface area contributed by atoms with Gasteiger partial charge < -0.3 is 4.74 Å². The summed E-state index contributed by atoms with van der Waals surface area (Å²) in [5, 5.41) is 9.22. The van der Waals surface area contributed by atoms with E-state index in [4.69, 9.17) is 10.00 Å². The molecule has 0 spiro atoms. The molecule has 1 aromatic rings. The molecule has 0 aliphatic heterocycles. The SMILES string of the molecule is Cc1cc(Br)cc(CBr)c1OCCCCC#N. The summed E-state index contributed by atoms with van der Waals surface area (Å²) in [4.78, 5) is 0. The summed E-state index contributed by atoms with van der Waals surface area (Å²) in [6.45, 7) is 2.71. The number of benzene rings is 1. The Kier molecular flexibility index (Phi) is 6.61. The lowest BCUT2D eigenvalue weighted by atomic mass is 10.1. The quantitative estimate of drug-likeness (QED) is 0.542. The van der Waals surface area contributed by atoms with Crippen molar-refractivity contribution < 1.29 is 4.74 Å². The van der Waals surface area contributed by atoms with E-state index in [1.54, 1.807) is 0 Å².